The standard InChI is InChI=1S/C13H24BN5O6S/c1-18-6-10(15)11(7-18)17-26(24,25)19-5-9(3-2-4-14(22)23)13(16,8-19)12(20)21/h6-7,9,17,22-23H,2-5,8,15-16H2,1H3,(H,20,21)/t9-,13-/m0/s1. The number of carboxylic acids is 1. The lowest BCUT2D eigenvalue weighted by Crippen LogP contribution is -2.55. The molecule has 0 bridgehead atoms. The number of aromatic nitrogens is 1. The Labute approximate surface area is 151 Å². The Balaban J connectivity index is 2.16. The van der Waals surface area contributed by atoms with Gasteiger partial charge in [0.2, 0.25) is 0 Å². The summed E-state index contributed by atoms with van der Waals surface area (Å²) in [6.45, 7) is -0.483. The van der Waals surface area contributed by atoms with Crippen molar-refractivity contribution in [3.05, 3.63) is 12.4 Å². The van der Waals surface area contributed by atoms with E-state index in [1.807, 2.05) is 0 Å². The van der Waals surface area contributed by atoms with Crippen molar-refractivity contribution in [2.75, 3.05) is 23.5 Å². The number of aryl methyl sites for hydroxylation is 1. The van der Waals surface area contributed by atoms with Crippen LogP contribution < -0.4 is 16.2 Å². The minimum absolute atomic E-state index is 0.0533. The lowest BCUT2D eigenvalue weighted by atomic mass is 9.78. The number of rotatable bonds is 8. The summed E-state index contributed by atoms with van der Waals surface area (Å²) in [5.41, 5.74) is 10.4. The SMILES string of the molecule is Cn1cc(N)c(NS(=O)(=O)N2C[C@H](CCCB(O)O)[C@](N)(C(=O)O)C2)c1. The third-order valence-electron chi connectivity index (χ3n) is 4.57. The van der Waals surface area contributed by atoms with E-state index in [0.717, 1.165) is 4.31 Å². The molecule has 0 unspecified atom stereocenters. The second-order valence-electron chi connectivity index (χ2n) is 6.65. The average molecular weight is 389 g/mol. The van der Waals surface area contributed by atoms with Crippen LogP contribution in [0.3, 0.4) is 0 Å². The van der Waals surface area contributed by atoms with E-state index in [1.165, 1.54) is 12.4 Å². The second-order valence-corrected chi connectivity index (χ2v) is 8.32. The first kappa shape index (κ1) is 20.5. The van der Waals surface area contributed by atoms with Gasteiger partial charge >= 0.3 is 23.3 Å². The summed E-state index contributed by atoms with van der Waals surface area (Å²) in [6, 6.07) is 0. The van der Waals surface area contributed by atoms with E-state index in [9.17, 15) is 18.3 Å². The molecule has 0 radical (unpaired) electrons. The van der Waals surface area contributed by atoms with Crippen molar-refractivity contribution in [3.63, 3.8) is 0 Å². The fraction of sp³-hybridized carbons (Fsp3) is 0.615. The number of carboxylic acid groups (broad SMARTS) is 1. The van der Waals surface area contributed by atoms with E-state index in [0.29, 0.717) is 6.42 Å². The summed E-state index contributed by atoms with van der Waals surface area (Å²) >= 11 is 0. The summed E-state index contributed by atoms with van der Waals surface area (Å²) < 4.78 is 30.2. The molecule has 146 valence electrons. The maximum atomic E-state index is 12.6. The molecule has 0 spiro atoms. The normalized spacial score (nSPS) is 23.9. The molecule has 1 aliphatic rings. The zero-order valence-corrected chi connectivity index (χ0v) is 15.2. The Bertz CT molecular complexity index is 769. The van der Waals surface area contributed by atoms with Crippen molar-refractivity contribution in [2.45, 2.75) is 24.7 Å². The van der Waals surface area contributed by atoms with E-state index in [1.54, 1.807) is 11.6 Å². The number of nitrogens with two attached hydrogens (primary N) is 2. The molecule has 1 aromatic rings. The van der Waals surface area contributed by atoms with Gasteiger partial charge in [-0.15, -0.1) is 0 Å². The van der Waals surface area contributed by atoms with Crippen molar-refractivity contribution >= 4 is 34.7 Å². The van der Waals surface area contributed by atoms with Crippen LogP contribution in [0.2, 0.25) is 6.32 Å². The summed E-state index contributed by atoms with van der Waals surface area (Å²) in [7, 11) is -3.87. The smallest absolute Gasteiger partial charge is 0.451 e. The maximum Gasteiger partial charge on any atom is 0.451 e. The van der Waals surface area contributed by atoms with Crippen LogP contribution in [0, 0.1) is 5.92 Å². The highest BCUT2D eigenvalue weighted by atomic mass is 32.2. The first-order chi connectivity index (χ1) is 12.0. The number of anilines is 2. The van der Waals surface area contributed by atoms with Crippen molar-refractivity contribution in [2.24, 2.45) is 18.7 Å². The molecule has 1 aliphatic heterocycles. The average Bonchev–Trinajstić information content (AvgIpc) is 3.00. The first-order valence-electron chi connectivity index (χ1n) is 8.03. The third-order valence-corrected chi connectivity index (χ3v) is 6.00. The molecule has 2 rings (SSSR count). The van der Waals surface area contributed by atoms with Gasteiger partial charge in [-0.05, 0) is 12.7 Å². The molecule has 26 heavy (non-hydrogen) atoms. The monoisotopic (exact) mass is 389 g/mol. The topological polar surface area (TPSA) is 184 Å². The highest BCUT2D eigenvalue weighted by Crippen LogP contribution is 2.33. The number of hydrogen-bond donors (Lipinski definition) is 6. The van der Waals surface area contributed by atoms with E-state index in [-0.39, 0.29) is 30.7 Å². The van der Waals surface area contributed by atoms with Crippen LogP contribution in [0.1, 0.15) is 12.8 Å². The summed E-state index contributed by atoms with van der Waals surface area (Å²) in [4.78, 5) is 11.6. The zero-order valence-electron chi connectivity index (χ0n) is 14.4. The number of hydrogen-bond acceptors (Lipinski definition) is 7. The van der Waals surface area contributed by atoms with Gasteiger partial charge in [-0.2, -0.15) is 12.7 Å². The Morgan fingerprint density at radius 1 is 1.46 bits per heavy atom. The molecule has 13 heteroatoms. The van der Waals surface area contributed by atoms with Crippen LogP contribution >= 0.6 is 0 Å². The quantitative estimate of drug-likeness (QED) is 0.282. The first-order valence-corrected chi connectivity index (χ1v) is 9.47. The van der Waals surface area contributed by atoms with E-state index in [4.69, 9.17) is 21.5 Å². The van der Waals surface area contributed by atoms with E-state index >= 15 is 0 Å². The fourth-order valence-electron chi connectivity index (χ4n) is 3.11. The van der Waals surface area contributed by atoms with Crippen LogP contribution in [0.25, 0.3) is 0 Å². The van der Waals surface area contributed by atoms with Gasteiger partial charge in [-0.1, -0.05) is 6.42 Å². The molecular formula is C13H24BN5O6S. The summed E-state index contributed by atoms with van der Waals surface area (Å²) in [5.74, 6) is -1.97. The Kier molecular flexibility index (Phi) is 5.87. The number of nitrogens with one attached hydrogen (secondary N) is 1. The molecule has 0 aromatic carbocycles. The van der Waals surface area contributed by atoms with Gasteiger partial charge in [-0.25, -0.2) is 0 Å². The molecule has 2 atom stereocenters. The molecule has 2 heterocycles. The number of nitrogens with zero attached hydrogens (tertiary/aromatic N) is 2. The fourth-order valence-corrected chi connectivity index (χ4v) is 4.45. The van der Waals surface area contributed by atoms with Gasteiger partial charge in [-0.3, -0.25) is 9.52 Å². The molecule has 0 saturated carbocycles. The molecule has 1 fully saturated rings. The van der Waals surface area contributed by atoms with Crippen LogP contribution in [-0.4, -0.2) is 64.2 Å². The highest BCUT2D eigenvalue weighted by molar-refractivity contribution is 7.90. The Morgan fingerprint density at radius 2 is 2.12 bits per heavy atom. The third kappa shape index (κ3) is 4.30. The number of carbonyl (C=O) groups is 1. The van der Waals surface area contributed by atoms with Gasteiger partial charge < -0.3 is 31.2 Å². The highest BCUT2D eigenvalue weighted by Gasteiger charge is 2.52. The predicted octanol–water partition coefficient (Wildman–Crippen LogP) is -1.77. The Morgan fingerprint density at radius 3 is 2.62 bits per heavy atom. The van der Waals surface area contributed by atoms with Crippen molar-refractivity contribution in [1.29, 1.82) is 0 Å². The van der Waals surface area contributed by atoms with Crippen molar-refractivity contribution in [1.82, 2.24) is 8.87 Å². The van der Waals surface area contributed by atoms with Crippen molar-refractivity contribution in [3.8, 4) is 0 Å². The summed E-state index contributed by atoms with van der Waals surface area (Å²) in [5, 5.41) is 27.3. The van der Waals surface area contributed by atoms with E-state index in [2.05, 4.69) is 4.72 Å². The largest absolute Gasteiger partial charge is 0.480 e. The molecular weight excluding hydrogens is 365 g/mol. The van der Waals surface area contributed by atoms with Gasteiger partial charge in [0.25, 0.3) is 0 Å². The summed E-state index contributed by atoms with van der Waals surface area (Å²) in [6.07, 6.45) is 3.64. The predicted molar refractivity (Wildman–Crippen MR) is 96.2 cm³/mol. The second kappa shape index (κ2) is 7.44. The lowest BCUT2D eigenvalue weighted by molar-refractivity contribution is -0.144. The minimum Gasteiger partial charge on any atom is -0.480 e. The van der Waals surface area contributed by atoms with Gasteiger partial charge in [0.15, 0.2) is 0 Å². The molecule has 0 aliphatic carbocycles. The zero-order chi connectivity index (χ0) is 19.7. The van der Waals surface area contributed by atoms with Gasteiger partial charge in [0.05, 0.1) is 11.4 Å². The van der Waals surface area contributed by atoms with E-state index < -0.39 is 41.3 Å². The molecule has 1 aromatic heterocycles. The molecule has 0 amide bonds. The lowest BCUT2D eigenvalue weighted by Gasteiger charge is -2.25. The van der Waals surface area contributed by atoms with Crippen LogP contribution in [-0.2, 0) is 22.1 Å². The number of aliphatic carboxylic acids is 1. The van der Waals surface area contributed by atoms with Gasteiger partial charge in [0, 0.05) is 38.4 Å². The van der Waals surface area contributed by atoms with Crippen LogP contribution in [0.5, 0.6) is 0 Å². The molecule has 11 nitrogen and oxygen atoms in total. The van der Waals surface area contributed by atoms with Crippen LogP contribution in [0.15, 0.2) is 12.4 Å². The maximum absolute atomic E-state index is 12.6. The van der Waals surface area contributed by atoms with Crippen molar-refractivity contribution < 1.29 is 28.4 Å². The minimum atomic E-state index is -4.05. The van der Waals surface area contributed by atoms with Gasteiger partial charge in [0.1, 0.15) is 5.54 Å². The number of nitrogen functional groups attached to an aromatic ring is 1. The Hall–Kier alpha value is -1.80. The van der Waals surface area contributed by atoms with Crippen LogP contribution in [0.4, 0.5) is 11.4 Å². The molecule has 8 N–H and O–H groups in total. The molecule has 1 saturated heterocycles.